The average molecular weight is 277 g/mol. The van der Waals surface area contributed by atoms with E-state index < -0.39 is 16.6 Å². The molecule has 1 heterocycles. The molecule has 0 aliphatic carbocycles. The van der Waals surface area contributed by atoms with Crippen molar-refractivity contribution in [3.63, 3.8) is 0 Å². The van der Waals surface area contributed by atoms with Crippen molar-refractivity contribution in [3.8, 4) is 0 Å². The van der Waals surface area contributed by atoms with Crippen LogP contribution in [0.25, 0.3) is 0 Å². The van der Waals surface area contributed by atoms with Crippen molar-refractivity contribution in [1.82, 2.24) is 9.88 Å². The molecular formula is C13H12FN3O3. The minimum atomic E-state index is -0.791. The first-order valence-electron chi connectivity index (χ1n) is 5.80. The van der Waals surface area contributed by atoms with Crippen molar-refractivity contribution >= 4 is 11.6 Å². The molecule has 0 aliphatic rings. The molecule has 0 atom stereocenters. The molecule has 0 fully saturated rings. The quantitative estimate of drug-likeness (QED) is 0.686. The van der Waals surface area contributed by atoms with Crippen molar-refractivity contribution in [3.05, 3.63) is 63.7 Å². The van der Waals surface area contributed by atoms with Crippen LogP contribution >= 0.6 is 0 Å². The molecule has 0 saturated carbocycles. The van der Waals surface area contributed by atoms with E-state index in [4.69, 9.17) is 0 Å². The van der Waals surface area contributed by atoms with Crippen molar-refractivity contribution < 1.29 is 14.1 Å². The van der Waals surface area contributed by atoms with Crippen molar-refractivity contribution in [2.45, 2.75) is 6.54 Å². The molecule has 1 aromatic carbocycles. The number of hydrogen-bond donors (Lipinski definition) is 1. The summed E-state index contributed by atoms with van der Waals surface area (Å²) in [5.41, 5.74) is 0.193. The zero-order chi connectivity index (χ0) is 14.7. The molecule has 2 rings (SSSR count). The number of nitrogens with one attached hydrogen (secondary N) is 1. The van der Waals surface area contributed by atoms with Crippen molar-refractivity contribution in [2.24, 2.45) is 7.05 Å². The molecule has 0 saturated heterocycles. The van der Waals surface area contributed by atoms with Gasteiger partial charge in [-0.15, -0.1) is 0 Å². The molecule has 1 amide bonds. The van der Waals surface area contributed by atoms with Gasteiger partial charge < -0.3 is 9.88 Å². The normalized spacial score (nSPS) is 10.3. The van der Waals surface area contributed by atoms with E-state index in [0.29, 0.717) is 0 Å². The number of halogens is 1. The third-order valence-electron chi connectivity index (χ3n) is 2.75. The number of benzene rings is 1. The molecule has 2 aromatic rings. The Balaban J connectivity index is 2.12. The Labute approximate surface area is 114 Å². The Kier molecular flexibility index (Phi) is 3.79. The summed E-state index contributed by atoms with van der Waals surface area (Å²) in [4.78, 5) is 21.8. The minimum Gasteiger partial charge on any atom is -0.357 e. The van der Waals surface area contributed by atoms with Crippen LogP contribution in [0, 0.1) is 15.9 Å². The van der Waals surface area contributed by atoms with Gasteiger partial charge in [-0.3, -0.25) is 14.9 Å². The zero-order valence-electron chi connectivity index (χ0n) is 10.7. The fourth-order valence-electron chi connectivity index (χ4n) is 1.74. The highest BCUT2D eigenvalue weighted by Gasteiger charge is 2.16. The summed E-state index contributed by atoms with van der Waals surface area (Å²) in [5, 5.41) is 13.1. The first kappa shape index (κ1) is 13.7. The van der Waals surface area contributed by atoms with Gasteiger partial charge in [0.2, 0.25) is 0 Å². The highest BCUT2D eigenvalue weighted by molar-refractivity contribution is 5.95. The molecule has 0 radical (unpaired) electrons. The van der Waals surface area contributed by atoms with Gasteiger partial charge >= 0.3 is 0 Å². The number of nitro groups is 1. The molecule has 104 valence electrons. The second kappa shape index (κ2) is 5.52. The van der Waals surface area contributed by atoms with E-state index >= 15 is 0 Å². The van der Waals surface area contributed by atoms with Gasteiger partial charge in [-0.1, -0.05) is 0 Å². The molecule has 0 bridgehead atoms. The first-order valence-corrected chi connectivity index (χ1v) is 5.80. The molecule has 0 spiro atoms. The zero-order valence-corrected chi connectivity index (χ0v) is 10.7. The van der Waals surface area contributed by atoms with Crippen LogP contribution in [0.2, 0.25) is 0 Å². The minimum absolute atomic E-state index is 0.224. The predicted octanol–water partition coefficient (Wildman–Crippen LogP) is 2.00. The Morgan fingerprint density at radius 1 is 1.45 bits per heavy atom. The Bertz CT molecular complexity index is 667. The summed E-state index contributed by atoms with van der Waals surface area (Å²) < 4.78 is 15.3. The van der Waals surface area contributed by atoms with Crippen LogP contribution in [-0.2, 0) is 13.6 Å². The topological polar surface area (TPSA) is 77.2 Å². The maximum Gasteiger partial charge on any atom is 0.270 e. The van der Waals surface area contributed by atoms with Crippen LogP contribution in [0.15, 0.2) is 36.7 Å². The second-order valence-electron chi connectivity index (χ2n) is 4.29. The number of hydrogen-bond acceptors (Lipinski definition) is 3. The molecule has 0 unspecified atom stereocenters. The van der Waals surface area contributed by atoms with Gasteiger partial charge in [0.1, 0.15) is 5.82 Å². The predicted molar refractivity (Wildman–Crippen MR) is 69.6 cm³/mol. The maximum atomic E-state index is 13.5. The smallest absolute Gasteiger partial charge is 0.270 e. The fraction of sp³-hybridized carbons (Fsp3) is 0.154. The number of aryl methyl sites for hydroxylation is 1. The lowest BCUT2D eigenvalue weighted by atomic mass is 10.1. The maximum absolute atomic E-state index is 13.5. The Morgan fingerprint density at radius 2 is 2.20 bits per heavy atom. The number of rotatable bonds is 4. The van der Waals surface area contributed by atoms with E-state index in [1.807, 2.05) is 30.1 Å². The van der Waals surface area contributed by atoms with E-state index in [2.05, 4.69) is 5.32 Å². The van der Waals surface area contributed by atoms with Crippen LogP contribution in [-0.4, -0.2) is 15.4 Å². The summed E-state index contributed by atoms with van der Waals surface area (Å²) in [6.07, 6.45) is 3.62. The van der Waals surface area contributed by atoms with Gasteiger partial charge in [0.25, 0.3) is 11.6 Å². The van der Waals surface area contributed by atoms with Crippen LogP contribution in [0.4, 0.5) is 10.1 Å². The summed E-state index contributed by atoms with van der Waals surface area (Å²) in [6, 6.07) is 4.67. The van der Waals surface area contributed by atoms with E-state index in [1.54, 1.807) is 0 Å². The SMILES string of the molecule is Cn1ccc(CNC(=O)c2cc([N+](=O)[O-])ccc2F)c1. The van der Waals surface area contributed by atoms with Gasteiger partial charge in [-0.2, -0.15) is 0 Å². The van der Waals surface area contributed by atoms with Gasteiger partial charge in [-0.25, -0.2) is 4.39 Å². The van der Waals surface area contributed by atoms with Crippen LogP contribution in [0.1, 0.15) is 15.9 Å². The number of non-ortho nitro benzene ring substituents is 1. The molecule has 0 aliphatic heterocycles. The monoisotopic (exact) mass is 277 g/mol. The van der Waals surface area contributed by atoms with Gasteiger partial charge in [0, 0.05) is 38.1 Å². The fourth-order valence-corrected chi connectivity index (χ4v) is 1.74. The Morgan fingerprint density at radius 3 is 2.80 bits per heavy atom. The molecule has 1 N–H and O–H groups in total. The average Bonchev–Trinajstić information content (AvgIpc) is 2.82. The highest BCUT2D eigenvalue weighted by Crippen LogP contribution is 2.16. The summed E-state index contributed by atoms with van der Waals surface area (Å²) in [6.45, 7) is 0.224. The lowest BCUT2D eigenvalue weighted by molar-refractivity contribution is -0.384. The van der Waals surface area contributed by atoms with Crippen molar-refractivity contribution in [2.75, 3.05) is 0 Å². The van der Waals surface area contributed by atoms with Crippen LogP contribution in [0.5, 0.6) is 0 Å². The van der Waals surface area contributed by atoms with E-state index in [1.165, 1.54) is 0 Å². The first-order chi connectivity index (χ1) is 9.47. The summed E-state index contributed by atoms with van der Waals surface area (Å²) >= 11 is 0. The second-order valence-corrected chi connectivity index (χ2v) is 4.29. The molecular weight excluding hydrogens is 265 g/mol. The number of nitrogens with zero attached hydrogens (tertiary/aromatic N) is 2. The van der Waals surface area contributed by atoms with Gasteiger partial charge in [0.05, 0.1) is 10.5 Å². The lowest BCUT2D eigenvalue weighted by Crippen LogP contribution is -2.23. The molecule has 7 heteroatoms. The summed E-state index contributed by atoms with van der Waals surface area (Å²) in [7, 11) is 1.84. The lowest BCUT2D eigenvalue weighted by Gasteiger charge is -2.05. The third kappa shape index (κ3) is 3.00. The molecule has 1 aromatic heterocycles. The number of carbonyl (C=O) groups excluding carboxylic acids is 1. The van der Waals surface area contributed by atoms with E-state index in [9.17, 15) is 19.3 Å². The Hall–Kier alpha value is -2.70. The van der Waals surface area contributed by atoms with Crippen LogP contribution < -0.4 is 5.32 Å². The largest absolute Gasteiger partial charge is 0.357 e. The van der Waals surface area contributed by atoms with Gasteiger partial charge in [-0.05, 0) is 17.7 Å². The van der Waals surface area contributed by atoms with Crippen LogP contribution in [0.3, 0.4) is 0 Å². The molecule has 20 heavy (non-hydrogen) atoms. The number of nitro benzene ring substituents is 1. The summed E-state index contributed by atoms with van der Waals surface area (Å²) in [5.74, 6) is -1.48. The number of aromatic nitrogens is 1. The van der Waals surface area contributed by atoms with E-state index in [0.717, 1.165) is 23.8 Å². The standard InChI is InChI=1S/C13H12FN3O3/c1-16-5-4-9(8-16)7-15-13(18)11-6-10(17(19)20)2-3-12(11)14/h2-6,8H,7H2,1H3,(H,15,18). The molecule has 6 nitrogen and oxygen atoms in total. The van der Waals surface area contributed by atoms with Gasteiger partial charge in [0.15, 0.2) is 0 Å². The highest BCUT2D eigenvalue weighted by atomic mass is 19.1. The third-order valence-corrected chi connectivity index (χ3v) is 2.75. The van der Waals surface area contributed by atoms with Crippen molar-refractivity contribution in [1.29, 1.82) is 0 Å². The van der Waals surface area contributed by atoms with E-state index in [-0.39, 0.29) is 17.8 Å². The number of carbonyl (C=O) groups is 1. The number of amides is 1.